The number of hydrogen-bond acceptors (Lipinski definition) is 8. The summed E-state index contributed by atoms with van der Waals surface area (Å²) >= 11 is 1.12. The zero-order valence-electron chi connectivity index (χ0n) is 15.6. The molecule has 2 aliphatic rings. The number of methoxy groups -OCH3 is 1. The molecule has 1 aromatic rings. The van der Waals surface area contributed by atoms with E-state index < -0.39 is 33.5 Å². The van der Waals surface area contributed by atoms with Gasteiger partial charge in [-0.2, -0.15) is 0 Å². The van der Waals surface area contributed by atoms with Gasteiger partial charge in [-0.1, -0.05) is 0 Å². The van der Waals surface area contributed by atoms with Crippen LogP contribution in [-0.2, 0) is 29.1 Å². The Hall–Kier alpha value is -2.24. The van der Waals surface area contributed by atoms with E-state index in [1.807, 2.05) is 0 Å². The minimum Gasteiger partial charge on any atom is -0.465 e. The fraction of sp³-hybridized carbons (Fsp3) is 0.471. The maximum Gasteiger partial charge on any atom is 0.350 e. The molecular formula is C17H20N2O7S2. The van der Waals surface area contributed by atoms with E-state index in [0.717, 1.165) is 17.6 Å². The van der Waals surface area contributed by atoms with Gasteiger partial charge in [0.05, 0.1) is 24.6 Å². The summed E-state index contributed by atoms with van der Waals surface area (Å²) in [5, 5.41) is 4.30. The lowest BCUT2D eigenvalue weighted by Crippen LogP contribution is -2.49. The maximum atomic E-state index is 13.0. The first-order valence-corrected chi connectivity index (χ1v) is 11.2. The summed E-state index contributed by atoms with van der Waals surface area (Å²) in [6, 6.07) is 1.57. The van der Waals surface area contributed by atoms with Gasteiger partial charge in [-0.25, -0.2) is 22.3 Å². The molecule has 28 heavy (non-hydrogen) atoms. The monoisotopic (exact) mass is 428 g/mol. The number of carbonyl (C=O) groups is 3. The number of nitrogens with one attached hydrogen (secondary N) is 1. The lowest BCUT2D eigenvalue weighted by Gasteiger charge is -2.38. The second kappa shape index (κ2) is 7.30. The van der Waals surface area contributed by atoms with Gasteiger partial charge in [0.15, 0.2) is 0 Å². The zero-order chi connectivity index (χ0) is 20.7. The van der Waals surface area contributed by atoms with Crippen molar-refractivity contribution in [2.45, 2.75) is 25.4 Å². The van der Waals surface area contributed by atoms with Crippen molar-refractivity contribution in [2.24, 2.45) is 0 Å². The number of nitrogens with zero attached hydrogens (tertiary/aromatic N) is 1. The molecular weight excluding hydrogens is 408 g/mol. The minimum absolute atomic E-state index is 0.141. The molecule has 3 rings (SSSR count). The van der Waals surface area contributed by atoms with E-state index in [0.29, 0.717) is 0 Å². The first-order chi connectivity index (χ1) is 13.1. The van der Waals surface area contributed by atoms with Crippen molar-refractivity contribution in [3.8, 4) is 0 Å². The van der Waals surface area contributed by atoms with Crippen LogP contribution in [0.25, 0.3) is 0 Å². The number of ether oxygens (including phenoxy) is 2. The van der Waals surface area contributed by atoms with E-state index in [1.54, 1.807) is 11.4 Å². The Morgan fingerprint density at radius 1 is 1.32 bits per heavy atom. The molecule has 11 heteroatoms. The van der Waals surface area contributed by atoms with E-state index in [1.165, 1.54) is 18.3 Å². The molecule has 0 radical (unpaired) electrons. The predicted molar refractivity (Wildman–Crippen MR) is 101 cm³/mol. The molecule has 1 aromatic heterocycles. The average molecular weight is 428 g/mol. The highest BCUT2D eigenvalue weighted by Gasteiger charge is 2.51. The standard InChI is InChI=1S/C17H20N2O7S2/c1-10-12(14(20)18-11-4-9-27-13(11)16(22)25-2)17(26-15(10)21)5-7-19(8-6-17)28(3,23)24/h4,9H,5-8H2,1-3H3,(H,18,20). The zero-order valence-corrected chi connectivity index (χ0v) is 17.2. The molecule has 0 bridgehead atoms. The van der Waals surface area contributed by atoms with Gasteiger partial charge >= 0.3 is 11.9 Å². The van der Waals surface area contributed by atoms with Gasteiger partial charge in [0.25, 0.3) is 5.91 Å². The van der Waals surface area contributed by atoms with E-state index in [9.17, 15) is 22.8 Å². The Kier molecular flexibility index (Phi) is 5.34. The smallest absolute Gasteiger partial charge is 0.350 e. The van der Waals surface area contributed by atoms with Crippen molar-refractivity contribution in [3.63, 3.8) is 0 Å². The van der Waals surface area contributed by atoms with E-state index in [-0.39, 0.29) is 47.6 Å². The van der Waals surface area contributed by atoms with Crippen molar-refractivity contribution in [1.29, 1.82) is 0 Å². The number of esters is 2. The summed E-state index contributed by atoms with van der Waals surface area (Å²) in [4.78, 5) is 37.3. The predicted octanol–water partition coefficient (Wildman–Crippen LogP) is 1.14. The Morgan fingerprint density at radius 2 is 1.96 bits per heavy atom. The molecule has 0 aliphatic carbocycles. The second-order valence-electron chi connectivity index (χ2n) is 6.65. The molecule has 0 saturated carbocycles. The number of amides is 1. The number of hydrogen-bond donors (Lipinski definition) is 1. The quantitative estimate of drug-likeness (QED) is 0.714. The van der Waals surface area contributed by atoms with Crippen LogP contribution in [-0.4, -0.2) is 62.6 Å². The number of anilines is 1. The van der Waals surface area contributed by atoms with Crippen molar-refractivity contribution in [1.82, 2.24) is 4.31 Å². The van der Waals surface area contributed by atoms with Crippen molar-refractivity contribution in [3.05, 3.63) is 27.5 Å². The molecule has 0 atom stereocenters. The lowest BCUT2D eigenvalue weighted by atomic mass is 9.83. The third kappa shape index (κ3) is 3.56. The first kappa shape index (κ1) is 20.5. The molecule has 1 saturated heterocycles. The average Bonchev–Trinajstić information content (AvgIpc) is 3.17. The van der Waals surface area contributed by atoms with Crippen molar-refractivity contribution in [2.75, 3.05) is 31.8 Å². The molecule has 0 aromatic carbocycles. The third-order valence-corrected chi connectivity index (χ3v) is 7.13. The Bertz CT molecular complexity index is 969. The lowest BCUT2D eigenvalue weighted by molar-refractivity contribution is -0.149. The Morgan fingerprint density at radius 3 is 2.54 bits per heavy atom. The molecule has 0 unspecified atom stereocenters. The van der Waals surface area contributed by atoms with Gasteiger partial charge in [-0.05, 0) is 18.4 Å². The fourth-order valence-electron chi connectivity index (χ4n) is 3.50. The number of sulfonamides is 1. The summed E-state index contributed by atoms with van der Waals surface area (Å²) in [5.41, 5.74) is -0.536. The van der Waals surface area contributed by atoms with Crippen molar-refractivity contribution >= 4 is 44.9 Å². The summed E-state index contributed by atoms with van der Waals surface area (Å²) in [7, 11) is -2.13. The fourth-order valence-corrected chi connectivity index (χ4v) is 5.11. The van der Waals surface area contributed by atoms with Crippen LogP contribution < -0.4 is 5.32 Å². The van der Waals surface area contributed by atoms with Gasteiger partial charge in [-0.3, -0.25) is 4.79 Å². The highest BCUT2D eigenvalue weighted by molar-refractivity contribution is 7.88. The van der Waals surface area contributed by atoms with Crippen molar-refractivity contribution < 1.29 is 32.3 Å². The van der Waals surface area contributed by atoms with Gasteiger partial charge in [0.2, 0.25) is 10.0 Å². The summed E-state index contributed by atoms with van der Waals surface area (Å²) < 4.78 is 35.0. The molecule has 1 amide bonds. The van der Waals surface area contributed by atoms with Gasteiger partial charge in [0, 0.05) is 31.5 Å². The van der Waals surface area contributed by atoms with Crippen LogP contribution in [0.15, 0.2) is 22.6 Å². The van der Waals surface area contributed by atoms with E-state index >= 15 is 0 Å². The van der Waals surface area contributed by atoms with Gasteiger partial charge in [-0.15, -0.1) is 11.3 Å². The van der Waals surface area contributed by atoms with E-state index in [2.05, 4.69) is 5.32 Å². The molecule has 3 heterocycles. The van der Waals surface area contributed by atoms with Gasteiger partial charge < -0.3 is 14.8 Å². The first-order valence-electron chi connectivity index (χ1n) is 8.46. The molecule has 1 fully saturated rings. The van der Waals surface area contributed by atoms with Crippen LogP contribution in [0, 0.1) is 0 Å². The summed E-state index contributed by atoms with van der Waals surface area (Å²) in [6.45, 7) is 1.79. The minimum atomic E-state index is -3.37. The number of carbonyl (C=O) groups excluding carboxylic acids is 3. The number of thiophene rings is 1. The molecule has 152 valence electrons. The maximum absolute atomic E-state index is 13.0. The second-order valence-corrected chi connectivity index (χ2v) is 9.55. The summed E-state index contributed by atoms with van der Waals surface area (Å²) in [6.07, 6.45) is 1.48. The summed E-state index contributed by atoms with van der Waals surface area (Å²) in [5.74, 6) is -1.73. The van der Waals surface area contributed by atoms with Gasteiger partial charge in [0.1, 0.15) is 10.5 Å². The normalized spacial score (nSPS) is 19.6. The van der Waals surface area contributed by atoms with Crippen LogP contribution in [0.2, 0.25) is 0 Å². The van der Waals surface area contributed by atoms with Crippen LogP contribution >= 0.6 is 11.3 Å². The largest absolute Gasteiger partial charge is 0.465 e. The van der Waals surface area contributed by atoms with Crippen LogP contribution in [0.4, 0.5) is 5.69 Å². The van der Waals surface area contributed by atoms with Crippen LogP contribution in [0.3, 0.4) is 0 Å². The number of rotatable bonds is 4. The highest BCUT2D eigenvalue weighted by atomic mass is 32.2. The van der Waals surface area contributed by atoms with E-state index in [4.69, 9.17) is 9.47 Å². The number of piperidine rings is 1. The SMILES string of the molecule is COC(=O)c1sccc1NC(=O)C1=C(C)C(=O)OC12CCN(S(C)(=O)=O)CC2. The highest BCUT2D eigenvalue weighted by Crippen LogP contribution is 2.42. The molecule has 1 N–H and O–H groups in total. The third-order valence-electron chi connectivity index (χ3n) is 4.94. The van der Waals surface area contributed by atoms with Crippen LogP contribution in [0.1, 0.15) is 29.4 Å². The molecule has 2 aliphatic heterocycles. The topological polar surface area (TPSA) is 119 Å². The van der Waals surface area contributed by atoms with Crippen LogP contribution in [0.5, 0.6) is 0 Å². The molecule has 1 spiro atoms. The Balaban J connectivity index is 1.87. The molecule has 9 nitrogen and oxygen atoms in total. The Labute approximate surface area is 166 Å².